The van der Waals surface area contributed by atoms with Gasteiger partial charge in [0.05, 0.1) is 37.7 Å². The third kappa shape index (κ3) is 3.17. The number of aromatic nitrogens is 4. The lowest BCUT2D eigenvalue weighted by Gasteiger charge is -2.20. The maximum atomic E-state index is 13.2. The lowest BCUT2D eigenvalue weighted by molar-refractivity contribution is 0.188. The molecule has 0 saturated carbocycles. The number of fused-ring (bicyclic) bond motifs is 1. The van der Waals surface area contributed by atoms with Crippen LogP contribution in [0, 0.1) is 0 Å². The van der Waals surface area contributed by atoms with E-state index in [1.165, 1.54) is 22.9 Å². The Bertz CT molecular complexity index is 1070. The molecule has 3 aromatic rings. The molecule has 2 heterocycles. The third-order valence-electron chi connectivity index (χ3n) is 3.77. The molecule has 3 rings (SSSR count). The summed E-state index contributed by atoms with van der Waals surface area (Å²) in [5.74, 6) is 0.475. The normalized spacial score (nSPS) is 12.3. The van der Waals surface area contributed by atoms with Crippen molar-refractivity contribution < 1.29 is 9.90 Å². The minimum absolute atomic E-state index is 0.134. The number of halogens is 3. The highest BCUT2D eigenvalue weighted by molar-refractivity contribution is 9.10. The van der Waals surface area contributed by atoms with E-state index >= 15 is 0 Å². The third-order valence-corrected chi connectivity index (χ3v) is 4.97. The van der Waals surface area contributed by atoms with Gasteiger partial charge in [0.25, 0.3) is 5.56 Å². The molecule has 11 heteroatoms. The van der Waals surface area contributed by atoms with E-state index in [1.807, 2.05) is 0 Å². The van der Waals surface area contributed by atoms with Crippen molar-refractivity contribution in [3.63, 3.8) is 0 Å². The number of aromatic amines is 1. The van der Waals surface area contributed by atoms with Gasteiger partial charge in [0.15, 0.2) is 5.82 Å². The Hall–Kier alpha value is -2.10. The van der Waals surface area contributed by atoms with E-state index < -0.39 is 17.7 Å². The van der Waals surface area contributed by atoms with Crippen LogP contribution in [0.4, 0.5) is 4.79 Å². The zero-order valence-electron chi connectivity index (χ0n) is 13.3. The molecule has 0 radical (unpaired) electrons. The molecule has 1 aromatic carbocycles. The molecule has 8 nitrogen and oxygen atoms in total. The number of hydrogen-bond donors (Lipinski definition) is 3. The highest BCUT2D eigenvalue weighted by Gasteiger charge is 2.25. The van der Waals surface area contributed by atoms with Gasteiger partial charge in [0.1, 0.15) is 5.82 Å². The van der Waals surface area contributed by atoms with Gasteiger partial charge in [-0.05, 0) is 34.5 Å². The zero-order valence-corrected chi connectivity index (χ0v) is 16.4. The molecule has 1 amide bonds. The van der Waals surface area contributed by atoms with Gasteiger partial charge in [-0.1, -0.05) is 30.1 Å². The molecule has 0 saturated heterocycles. The minimum atomic E-state index is -1.24. The summed E-state index contributed by atoms with van der Waals surface area (Å²) in [6.07, 6.45) is 0.591. The number of hydrogen-bond acceptors (Lipinski definition) is 4. The standard InChI is InChI=1S/C15H12BrCl2N5O3/c1-2-9(20-15(25)26)13-21-11-8(18)4-3-7(17)10(11)14(24)23(13)12-6(16)5-19-22-12/h3-5,9,20H,2H2,1H3,(H,19,22)(H,25,26). The largest absolute Gasteiger partial charge is 0.465 e. The Morgan fingerprint density at radius 1 is 1.42 bits per heavy atom. The number of amides is 1. The minimum Gasteiger partial charge on any atom is -0.465 e. The van der Waals surface area contributed by atoms with Gasteiger partial charge in [-0.2, -0.15) is 5.10 Å². The Labute approximate surface area is 165 Å². The number of nitrogens with one attached hydrogen (secondary N) is 2. The fourth-order valence-corrected chi connectivity index (χ4v) is 3.41. The molecular weight excluding hydrogens is 449 g/mol. The summed E-state index contributed by atoms with van der Waals surface area (Å²) in [7, 11) is 0. The van der Waals surface area contributed by atoms with Crippen LogP contribution in [0.5, 0.6) is 0 Å². The fraction of sp³-hybridized carbons (Fsp3) is 0.200. The summed E-state index contributed by atoms with van der Waals surface area (Å²) in [5, 5.41) is 18.7. The molecule has 136 valence electrons. The average molecular weight is 461 g/mol. The number of benzene rings is 1. The quantitative estimate of drug-likeness (QED) is 0.546. The summed E-state index contributed by atoms with van der Waals surface area (Å²) < 4.78 is 1.75. The van der Waals surface area contributed by atoms with Crippen molar-refractivity contribution in [3.05, 3.63) is 49.0 Å². The number of carbonyl (C=O) groups is 1. The number of carboxylic acid groups (broad SMARTS) is 1. The first-order valence-electron chi connectivity index (χ1n) is 7.44. The van der Waals surface area contributed by atoms with Crippen LogP contribution in [0.25, 0.3) is 16.7 Å². The molecular formula is C15H12BrCl2N5O3. The summed E-state index contributed by atoms with van der Waals surface area (Å²) >= 11 is 15.7. The molecule has 3 N–H and O–H groups in total. The van der Waals surface area contributed by atoms with Crippen LogP contribution in [0.3, 0.4) is 0 Å². The van der Waals surface area contributed by atoms with E-state index in [-0.39, 0.29) is 26.8 Å². The number of nitrogens with zero attached hydrogens (tertiary/aromatic N) is 3. The highest BCUT2D eigenvalue weighted by atomic mass is 79.9. The van der Waals surface area contributed by atoms with Gasteiger partial charge in [0, 0.05) is 0 Å². The van der Waals surface area contributed by atoms with E-state index in [4.69, 9.17) is 28.3 Å². The van der Waals surface area contributed by atoms with E-state index in [0.717, 1.165) is 0 Å². The summed E-state index contributed by atoms with van der Waals surface area (Å²) in [4.78, 5) is 28.9. The van der Waals surface area contributed by atoms with E-state index in [9.17, 15) is 9.59 Å². The monoisotopic (exact) mass is 459 g/mol. The maximum Gasteiger partial charge on any atom is 0.405 e. The van der Waals surface area contributed by atoms with Gasteiger partial charge in [0.2, 0.25) is 0 Å². The van der Waals surface area contributed by atoms with Crippen molar-refractivity contribution in [2.45, 2.75) is 19.4 Å². The summed E-state index contributed by atoms with van der Waals surface area (Å²) in [6.45, 7) is 1.77. The van der Waals surface area contributed by atoms with Gasteiger partial charge >= 0.3 is 6.09 Å². The van der Waals surface area contributed by atoms with Crippen molar-refractivity contribution >= 4 is 56.1 Å². The molecule has 26 heavy (non-hydrogen) atoms. The molecule has 2 aromatic heterocycles. The maximum absolute atomic E-state index is 13.2. The lowest BCUT2D eigenvalue weighted by atomic mass is 10.1. The Morgan fingerprint density at radius 2 is 2.12 bits per heavy atom. The molecule has 0 aliphatic heterocycles. The molecule has 0 aliphatic carbocycles. The summed E-state index contributed by atoms with van der Waals surface area (Å²) in [5.41, 5.74) is -0.287. The van der Waals surface area contributed by atoms with Crippen molar-refractivity contribution in [3.8, 4) is 5.82 Å². The van der Waals surface area contributed by atoms with Crippen molar-refractivity contribution in [2.24, 2.45) is 0 Å². The van der Waals surface area contributed by atoms with Crippen LogP contribution in [0.1, 0.15) is 25.2 Å². The molecule has 0 bridgehead atoms. The van der Waals surface area contributed by atoms with Gasteiger partial charge in [-0.15, -0.1) is 0 Å². The van der Waals surface area contributed by atoms with Crippen LogP contribution in [-0.2, 0) is 0 Å². The van der Waals surface area contributed by atoms with Gasteiger partial charge < -0.3 is 10.4 Å². The predicted molar refractivity (Wildman–Crippen MR) is 101 cm³/mol. The number of H-pyrrole nitrogens is 1. The molecule has 0 aliphatic rings. The SMILES string of the molecule is CCC(NC(=O)O)c1nc2c(Cl)ccc(Cl)c2c(=O)n1-c1[nH]ncc1Br. The first kappa shape index (κ1) is 18.7. The highest BCUT2D eigenvalue weighted by Crippen LogP contribution is 2.29. The van der Waals surface area contributed by atoms with Gasteiger partial charge in [-0.25, -0.2) is 14.3 Å². The molecule has 0 fully saturated rings. The van der Waals surface area contributed by atoms with Gasteiger partial charge in [-0.3, -0.25) is 9.89 Å². The van der Waals surface area contributed by atoms with Crippen LogP contribution < -0.4 is 10.9 Å². The fourth-order valence-electron chi connectivity index (χ4n) is 2.60. The molecule has 1 atom stereocenters. The van der Waals surface area contributed by atoms with E-state index in [0.29, 0.717) is 16.7 Å². The van der Waals surface area contributed by atoms with Crippen molar-refractivity contribution in [1.29, 1.82) is 0 Å². The lowest BCUT2D eigenvalue weighted by Crippen LogP contribution is -2.34. The van der Waals surface area contributed by atoms with Crippen LogP contribution in [0.2, 0.25) is 10.0 Å². The van der Waals surface area contributed by atoms with E-state index in [1.54, 1.807) is 6.92 Å². The molecule has 0 spiro atoms. The number of rotatable bonds is 4. The Morgan fingerprint density at radius 3 is 2.69 bits per heavy atom. The second kappa shape index (κ2) is 7.26. The van der Waals surface area contributed by atoms with Crippen LogP contribution >= 0.6 is 39.1 Å². The topological polar surface area (TPSA) is 113 Å². The van der Waals surface area contributed by atoms with Crippen LogP contribution in [0.15, 0.2) is 27.6 Å². The second-order valence-corrected chi connectivity index (χ2v) is 7.01. The molecule has 1 unspecified atom stereocenters. The summed E-state index contributed by atoms with van der Waals surface area (Å²) in [6, 6.07) is 2.29. The Kier molecular flexibility index (Phi) is 5.22. The average Bonchev–Trinajstić information content (AvgIpc) is 3.01. The predicted octanol–water partition coefficient (Wildman–Crippen LogP) is 3.90. The van der Waals surface area contributed by atoms with Crippen molar-refractivity contribution in [1.82, 2.24) is 25.1 Å². The zero-order chi connectivity index (χ0) is 19.0. The van der Waals surface area contributed by atoms with Crippen molar-refractivity contribution in [2.75, 3.05) is 0 Å². The smallest absolute Gasteiger partial charge is 0.405 e. The Balaban J connectivity index is 2.45. The van der Waals surface area contributed by atoms with Crippen LogP contribution in [-0.4, -0.2) is 30.9 Å². The van der Waals surface area contributed by atoms with E-state index in [2.05, 4.69) is 36.4 Å². The first-order valence-corrected chi connectivity index (χ1v) is 8.99. The first-order chi connectivity index (χ1) is 12.3. The second-order valence-electron chi connectivity index (χ2n) is 5.34.